The number of rotatable bonds is 3. The lowest BCUT2D eigenvalue weighted by atomic mass is 10.2. The lowest BCUT2D eigenvalue weighted by Gasteiger charge is -2.10. The highest BCUT2D eigenvalue weighted by atomic mass is 35.5. The van der Waals surface area contributed by atoms with Crippen molar-refractivity contribution in [3.05, 3.63) is 58.1 Å². The van der Waals surface area contributed by atoms with Crippen LogP contribution >= 0.6 is 23.2 Å². The molecule has 4 nitrogen and oxygen atoms in total. The van der Waals surface area contributed by atoms with Gasteiger partial charge in [0.05, 0.1) is 17.6 Å². The molecule has 3 rings (SSSR count). The highest BCUT2D eigenvalue weighted by Crippen LogP contribution is 2.25. The first-order chi connectivity index (χ1) is 9.69. The Labute approximate surface area is 126 Å². The summed E-state index contributed by atoms with van der Waals surface area (Å²) in [6, 6.07) is 13.3. The largest absolute Gasteiger partial charge is 0.305 e. The van der Waals surface area contributed by atoms with Crippen molar-refractivity contribution in [2.75, 3.05) is 5.43 Å². The molecule has 0 atom stereocenters. The number of halogens is 2. The minimum atomic E-state index is 0.566. The summed E-state index contributed by atoms with van der Waals surface area (Å²) >= 11 is 12.1. The van der Waals surface area contributed by atoms with Crippen LogP contribution in [-0.4, -0.2) is 9.55 Å². The van der Waals surface area contributed by atoms with Crippen molar-refractivity contribution in [1.82, 2.24) is 9.55 Å². The standard InChI is InChI=1S/C14H12Cl2N4/c15-10-6-5-9(11(16)7-10)8-20-13-4-2-1-3-12(13)18-14(20)19-17/h1-7H,8,17H2,(H,18,19). The Bertz CT molecular complexity index is 767. The molecule has 0 bridgehead atoms. The van der Waals surface area contributed by atoms with Crippen molar-refractivity contribution in [2.24, 2.45) is 5.84 Å². The van der Waals surface area contributed by atoms with Gasteiger partial charge in [-0.25, -0.2) is 10.8 Å². The van der Waals surface area contributed by atoms with Gasteiger partial charge in [-0.3, -0.25) is 5.43 Å². The highest BCUT2D eigenvalue weighted by molar-refractivity contribution is 6.35. The van der Waals surface area contributed by atoms with E-state index >= 15 is 0 Å². The number of fused-ring (bicyclic) bond motifs is 1. The van der Waals surface area contributed by atoms with Gasteiger partial charge in [0.2, 0.25) is 5.95 Å². The molecule has 0 amide bonds. The van der Waals surface area contributed by atoms with Crippen molar-refractivity contribution in [1.29, 1.82) is 0 Å². The second-order valence-electron chi connectivity index (χ2n) is 4.39. The average molecular weight is 307 g/mol. The number of para-hydroxylation sites is 2. The molecule has 102 valence electrons. The van der Waals surface area contributed by atoms with E-state index in [1.54, 1.807) is 6.07 Å². The molecule has 20 heavy (non-hydrogen) atoms. The van der Waals surface area contributed by atoms with Crippen molar-refractivity contribution >= 4 is 40.2 Å². The molecular weight excluding hydrogens is 295 g/mol. The summed E-state index contributed by atoms with van der Waals surface area (Å²) in [6.07, 6.45) is 0. The third-order valence-corrected chi connectivity index (χ3v) is 3.71. The maximum atomic E-state index is 6.22. The Hall–Kier alpha value is -1.75. The van der Waals surface area contributed by atoms with Gasteiger partial charge in [-0.1, -0.05) is 41.4 Å². The quantitative estimate of drug-likeness (QED) is 0.573. The number of nitrogens with one attached hydrogen (secondary N) is 1. The van der Waals surface area contributed by atoms with Gasteiger partial charge in [-0.05, 0) is 29.8 Å². The van der Waals surface area contributed by atoms with Crippen molar-refractivity contribution in [2.45, 2.75) is 6.54 Å². The molecule has 0 saturated carbocycles. The molecule has 0 fully saturated rings. The molecule has 0 spiro atoms. The van der Waals surface area contributed by atoms with Gasteiger partial charge >= 0.3 is 0 Å². The van der Waals surface area contributed by atoms with Crippen LogP contribution in [-0.2, 0) is 6.54 Å². The summed E-state index contributed by atoms with van der Waals surface area (Å²) < 4.78 is 1.98. The van der Waals surface area contributed by atoms with Crippen LogP contribution < -0.4 is 11.3 Å². The number of aromatic nitrogens is 2. The Morgan fingerprint density at radius 3 is 2.70 bits per heavy atom. The zero-order chi connectivity index (χ0) is 14.1. The summed E-state index contributed by atoms with van der Waals surface area (Å²) in [5.74, 6) is 6.14. The van der Waals surface area contributed by atoms with Crippen molar-refractivity contribution in [3.8, 4) is 0 Å². The number of hydrazine groups is 1. The van der Waals surface area contributed by atoms with Crippen LogP contribution in [0.4, 0.5) is 5.95 Å². The van der Waals surface area contributed by atoms with Crippen LogP contribution in [0, 0.1) is 0 Å². The predicted octanol–water partition coefficient (Wildman–Crippen LogP) is 3.68. The molecule has 0 aliphatic carbocycles. The number of benzene rings is 2. The monoisotopic (exact) mass is 306 g/mol. The molecule has 0 radical (unpaired) electrons. The van der Waals surface area contributed by atoms with Crippen molar-refractivity contribution < 1.29 is 0 Å². The number of nitrogen functional groups attached to an aromatic ring is 1. The van der Waals surface area contributed by atoms with Crippen LogP contribution in [0.1, 0.15) is 5.56 Å². The molecule has 3 aromatic rings. The minimum absolute atomic E-state index is 0.566. The summed E-state index contributed by atoms with van der Waals surface area (Å²) in [5.41, 5.74) is 5.45. The van der Waals surface area contributed by atoms with E-state index in [1.165, 1.54) is 0 Å². The number of imidazole rings is 1. The first-order valence-corrected chi connectivity index (χ1v) is 6.80. The maximum absolute atomic E-state index is 6.22. The molecule has 0 saturated heterocycles. The van der Waals surface area contributed by atoms with E-state index in [0.717, 1.165) is 16.6 Å². The van der Waals surface area contributed by atoms with E-state index in [1.807, 2.05) is 41.0 Å². The van der Waals surface area contributed by atoms with E-state index in [4.69, 9.17) is 29.0 Å². The van der Waals surface area contributed by atoms with Gasteiger partial charge in [0.1, 0.15) is 0 Å². The molecule has 3 N–H and O–H groups in total. The Balaban J connectivity index is 2.09. The second-order valence-corrected chi connectivity index (χ2v) is 5.23. The van der Waals surface area contributed by atoms with Gasteiger partial charge in [0.25, 0.3) is 0 Å². The highest BCUT2D eigenvalue weighted by Gasteiger charge is 2.11. The lowest BCUT2D eigenvalue weighted by molar-refractivity contribution is 0.827. The number of hydrogen-bond donors (Lipinski definition) is 2. The predicted molar refractivity (Wildman–Crippen MR) is 83.1 cm³/mol. The third kappa shape index (κ3) is 2.33. The number of nitrogens with zero attached hydrogens (tertiary/aromatic N) is 2. The normalized spacial score (nSPS) is 10.9. The molecule has 0 unspecified atom stereocenters. The van der Waals surface area contributed by atoms with Crippen LogP contribution in [0.3, 0.4) is 0 Å². The first-order valence-electron chi connectivity index (χ1n) is 6.05. The Morgan fingerprint density at radius 2 is 1.95 bits per heavy atom. The maximum Gasteiger partial charge on any atom is 0.218 e. The van der Waals surface area contributed by atoms with E-state index in [0.29, 0.717) is 22.5 Å². The molecule has 2 aromatic carbocycles. The average Bonchev–Trinajstić information content (AvgIpc) is 2.80. The minimum Gasteiger partial charge on any atom is -0.305 e. The van der Waals surface area contributed by atoms with Gasteiger partial charge in [0, 0.05) is 10.0 Å². The van der Waals surface area contributed by atoms with Crippen LogP contribution in [0.2, 0.25) is 10.0 Å². The van der Waals surface area contributed by atoms with Gasteiger partial charge < -0.3 is 4.57 Å². The van der Waals surface area contributed by atoms with Gasteiger partial charge in [0.15, 0.2) is 0 Å². The second kappa shape index (κ2) is 5.32. The van der Waals surface area contributed by atoms with E-state index in [2.05, 4.69) is 10.4 Å². The fourth-order valence-electron chi connectivity index (χ4n) is 2.17. The number of anilines is 1. The topological polar surface area (TPSA) is 55.9 Å². The molecule has 0 aliphatic rings. The van der Waals surface area contributed by atoms with Crippen LogP contribution in [0.25, 0.3) is 11.0 Å². The molecule has 0 aliphatic heterocycles. The Morgan fingerprint density at radius 1 is 1.15 bits per heavy atom. The first kappa shape index (κ1) is 13.2. The lowest BCUT2D eigenvalue weighted by Crippen LogP contribution is -2.14. The van der Waals surface area contributed by atoms with Crippen molar-refractivity contribution in [3.63, 3.8) is 0 Å². The SMILES string of the molecule is NNc1nc2ccccc2n1Cc1ccc(Cl)cc1Cl. The van der Waals surface area contributed by atoms with E-state index < -0.39 is 0 Å². The van der Waals surface area contributed by atoms with E-state index in [-0.39, 0.29) is 0 Å². The fraction of sp³-hybridized carbons (Fsp3) is 0.0714. The van der Waals surface area contributed by atoms with Gasteiger partial charge in [-0.2, -0.15) is 0 Å². The molecule has 1 aromatic heterocycles. The molecule has 6 heteroatoms. The fourth-order valence-corrected chi connectivity index (χ4v) is 2.63. The zero-order valence-corrected chi connectivity index (χ0v) is 12.0. The summed E-state index contributed by atoms with van der Waals surface area (Å²) in [7, 11) is 0. The molecule has 1 heterocycles. The summed E-state index contributed by atoms with van der Waals surface area (Å²) in [6.45, 7) is 0.566. The summed E-state index contributed by atoms with van der Waals surface area (Å²) in [4.78, 5) is 4.43. The van der Waals surface area contributed by atoms with Gasteiger partial charge in [-0.15, -0.1) is 0 Å². The van der Waals surface area contributed by atoms with Crippen LogP contribution in [0.5, 0.6) is 0 Å². The summed E-state index contributed by atoms with van der Waals surface area (Å²) in [5, 5.41) is 1.24. The third-order valence-electron chi connectivity index (χ3n) is 3.13. The smallest absolute Gasteiger partial charge is 0.218 e. The van der Waals surface area contributed by atoms with E-state index in [9.17, 15) is 0 Å². The zero-order valence-electron chi connectivity index (χ0n) is 10.5. The Kier molecular flexibility index (Phi) is 3.53. The van der Waals surface area contributed by atoms with Crippen LogP contribution in [0.15, 0.2) is 42.5 Å². The number of nitrogens with two attached hydrogens (primary N) is 1. The molecular formula is C14H12Cl2N4. The number of hydrogen-bond acceptors (Lipinski definition) is 3.